The van der Waals surface area contributed by atoms with Gasteiger partial charge in [-0.3, -0.25) is 4.79 Å². The SMILES string of the molecule is CNC1CC(C)CCN(CC2CCCC3CC32)C1=O. The van der Waals surface area contributed by atoms with Crippen LogP contribution in [0.15, 0.2) is 0 Å². The monoisotopic (exact) mass is 264 g/mol. The Morgan fingerprint density at radius 1 is 1.26 bits per heavy atom. The molecule has 2 saturated carbocycles. The average Bonchev–Trinajstić information content (AvgIpc) is 3.20. The minimum atomic E-state index is 0.0519. The second-order valence-electron chi connectivity index (χ2n) is 7.11. The number of nitrogens with zero attached hydrogens (tertiary/aromatic N) is 1. The van der Waals surface area contributed by atoms with E-state index in [9.17, 15) is 4.79 Å². The van der Waals surface area contributed by atoms with E-state index in [0.717, 1.165) is 37.3 Å². The third-order valence-corrected chi connectivity index (χ3v) is 5.68. The average molecular weight is 264 g/mol. The Hall–Kier alpha value is -0.570. The van der Waals surface area contributed by atoms with Gasteiger partial charge in [-0.05, 0) is 56.4 Å². The van der Waals surface area contributed by atoms with Gasteiger partial charge in [-0.1, -0.05) is 19.8 Å². The Kier molecular flexibility index (Phi) is 3.84. The Morgan fingerprint density at radius 3 is 2.89 bits per heavy atom. The van der Waals surface area contributed by atoms with Crippen LogP contribution in [-0.4, -0.2) is 37.0 Å². The standard InChI is InChI=1S/C16H28N2O/c1-11-6-7-18(16(19)15(8-11)17-2)10-13-5-3-4-12-9-14(12)13/h11-15,17H,3-10H2,1-2H3. The van der Waals surface area contributed by atoms with Gasteiger partial charge in [0.05, 0.1) is 6.04 Å². The number of hydrogen-bond acceptors (Lipinski definition) is 2. The second kappa shape index (κ2) is 5.43. The molecule has 5 unspecified atom stereocenters. The number of hydrogen-bond donors (Lipinski definition) is 1. The van der Waals surface area contributed by atoms with Crippen molar-refractivity contribution in [1.82, 2.24) is 10.2 Å². The zero-order valence-corrected chi connectivity index (χ0v) is 12.4. The molecule has 1 saturated heterocycles. The van der Waals surface area contributed by atoms with Crippen LogP contribution in [0.1, 0.15) is 45.4 Å². The van der Waals surface area contributed by atoms with Crippen LogP contribution in [0.4, 0.5) is 0 Å². The summed E-state index contributed by atoms with van der Waals surface area (Å²) >= 11 is 0. The van der Waals surface area contributed by atoms with Gasteiger partial charge < -0.3 is 10.2 Å². The van der Waals surface area contributed by atoms with Crippen molar-refractivity contribution in [2.24, 2.45) is 23.7 Å². The van der Waals surface area contributed by atoms with E-state index in [1.165, 1.54) is 32.1 Å². The molecule has 1 N–H and O–H groups in total. The van der Waals surface area contributed by atoms with E-state index in [1.807, 2.05) is 7.05 Å². The fourth-order valence-electron chi connectivity index (χ4n) is 4.30. The fourth-order valence-corrected chi connectivity index (χ4v) is 4.30. The maximum absolute atomic E-state index is 12.6. The number of rotatable bonds is 3. The Bertz CT molecular complexity index is 344. The third kappa shape index (κ3) is 2.81. The van der Waals surface area contributed by atoms with Crippen LogP contribution in [0.2, 0.25) is 0 Å². The van der Waals surface area contributed by atoms with E-state index in [-0.39, 0.29) is 6.04 Å². The summed E-state index contributed by atoms with van der Waals surface area (Å²) in [6.07, 6.45) is 7.81. The van der Waals surface area contributed by atoms with Crippen LogP contribution in [0.25, 0.3) is 0 Å². The summed E-state index contributed by atoms with van der Waals surface area (Å²) in [5.41, 5.74) is 0. The van der Waals surface area contributed by atoms with Gasteiger partial charge >= 0.3 is 0 Å². The molecule has 3 nitrogen and oxygen atoms in total. The van der Waals surface area contributed by atoms with E-state index in [4.69, 9.17) is 0 Å². The smallest absolute Gasteiger partial charge is 0.239 e. The first-order valence-corrected chi connectivity index (χ1v) is 8.15. The molecule has 108 valence electrons. The highest BCUT2D eigenvalue weighted by Gasteiger charge is 2.46. The van der Waals surface area contributed by atoms with Gasteiger partial charge in [-0.15, -0.1) is 0 Å². The Labute approximate surface area is 117 Å². The summed E-state index contributed by atoms with van der Waals surface area (Å²) in [5, 5.41) is 3.22. The molecule has 3 heteroatoms. The molecule has 0 radical (unpaired) electrons. The van der Waals surface area contributed by atoms with Crippen LogP contribution in [0.5, 0.6) is 0 Å². The molecule has 1 amide bonds. The summed E-state index contributed by atoms with van der Waals surface area (Å²) in [4.78, 5) is 14.8. The number of fused-ring (bicyclic) bond motifs is 1. The molecule has 1 aliphatic heterocycles. The summed E-state index contributed by atoms with van der Waals surface area (Å²) in [6.45, 7) is 4.29. The largest absolute Gasteiger partial charge is 0.341 e. The van der Waals surface area contributed by atoms with Crippen molar-refractivity contribution >= 4 is 5.91 Å². The maximum atomic E-state index is 12.6. The molecule has 3 rings (SSSR count). The van der Waals surface area contributed by atoms with Crippen molar-refractivity contribution in [2.45, 2.75) is 51.5 Å². The lowest BCUT2D eigenvalue weighted by Gasteiger charge is -2.30. The minimum Gasteiger partial charge on any atom is -0.341 e. The molecular formula is C16H28N2O. The molecule has 0 bridgehead atoms. The van der Waals surface area contributed by atoms with Crippen molar-refractivity contribution in [2.75, 3.05) is 20.1 Å². The van der Waals surface area contributed by atoms with E-state index in [1.54, 1.807) is 0 Å². The molecule has 0 spiro atoms. The number of likely N-dealkylation sites (N-methyl/N-ethyl adjacent to an activating group) is 1. The van der Waals surface area contributed by atoms with Gasteiger partial charge in [0, 0.05) is 13.1 Å². The first kappa shape index (κ1) is 13.4. The van der Waals surface area contributed by atoms with Crippen molar-refractivity contribution in [3.8, 4) is 0 Å². The molecule has 2 aliphatic carbocycles. The predicted octanol–water partition coefficient (Wildman–Crippen LogP) is 2.27. The summed E-state index contributed by atoms with van der Waals surface area (Å²) in [6, 6.07) is 0.0519. The van der Waals surface area contributed by atoms with Crippen molar-refractivity contribution in [3.63, 3.8) is 0 Å². The van der Waals surface area contributed by atoms with E-state index >= 15 is 0 Å². The predicted molar refractivity (Wildman–Crippen MR) is 76.8 cm³/mol. The number of carbonyl (C=O) groups excluding carboxylic acids is 1. The Balaban J connectivity index is 1.63. The molecule has 0 aromatic carbocycles. The number of amides is 1. The lowest BCUT2D eigenvalue weighted by Crippen LogP contribution is -2.46. The lowest BCUT2D eigenvalue weighted by atomic mass is 9.88. The first-order valence-electron chi connectivity index (χ1n) is 8.15. The molecule has 19 heavy (non-hydrogen) atoms. The molecular weight excluding hydrogens is 236 g/mol. The number of likely N-dealkylation sites (tertiary alicyclic amines) is 1. The summed E-state index contributed by atoms with van der Waals surface area (Å²) in [5.74, 6) is 3.78. The zero-order valence-electron chi connectivity index (χ0n) is 12.4. The first-order chi connectivity index (χ1) is 9.19. The van der Waals surface area contributed by atoms with Crippen molar-refractivity contribution in [1.29, 1.82) is 0 Å². The lowest BCUT2D eigenvalue weighted by molar-refractivity contribution is -0.133. The fraction of sp³-hybridized carbons (Fsp3) is 0.938. The van der Waals surface area contributed by atoms with E-state index in [2.05, 4.69) is 17.1 Å². The molecule has 0 aromatic rings. The quantitative estimate of drug-likeness (QED) is 0.848. The Morgan fingerprint density at radius 2 is 2.11 bits per heavy atom. The van der Waals surface area contributed by atoms with E-state index < -0.39 is 0 Å². The van der Waals surface area contributed by atoms with Gasteiger partial charge in [0.2, 0.25) is 5.91 Å². The third-order valence-electron chi connectivity index (χ3n) is 5.68. The second-order valence-corrected chi connectivity index (χ2v) is 7.11. The maximum Gasteiger partial charge on any atom is 0.239 e. The van der Waals surface area contributed by atoms with Crippen LogP contribution < -0.4 is 5.32 Å². The molecule has 3 aliphatic rings. The zero-order chi connectivity index (χ0) is 13.4. The highest BCUT2D eigenvalue weighted by atomic mass is 16.2. The molecule has 3 fully saturated rings. The number of nitrogens with one attached hydrogen (secondary N) is 1. The molecule has 0 aromatic heterocycles. The van der Waals surface area contributed by atoms with Crippen LogP contribution in [0, 0.1) is 23.7 Å². The van der Waals surface area contributed by atoms with Gasteiger partial charge in [0.25, 0.3) is 0 Å². The number of carbonyl (C=O) groups is 1. The minimum absolute atomic E-state index is 0.0519. The topological polar surface area (TPSA) is 32.3 Å². The highest BCUT2D eigenvalue weighted by molar-refractivity contribution is 5.82. The van der Waals surface area contributed by atoms with Crippen LogP contribution in [0.3, 0.4) is 0 Å². The van der Waals surface area contributed by atoms with Crippen molar-refractivity contribution < 1.29 is 4.79 Å². The van der Waals surface area contributed by atoms with Gasteiger partial charge in [-0.2, -0.15) is 0 Å². The molecule has 5 atom stereocenters. The summed E-state index contributed by atoms with van der Waals surface area (Å²) in [7, 11) is 1.93. The summed E-state index contributed by atoms with van der Waals surface area (Å²) < 4.78 is 0. The molecule has 1 heterocycles. The van der Waals surface area contributed by atoms with Crippen molar-refractivity contribution in [3.05, 3.63) is 0 Å². The normalized spacial score (nSPS) is 42.7. The van der Waals surface area contributed by atoms with Crippen LogP contribution >= 0.6 is 0 Å². The van der Waals surface area contributed by atoms with Gasteiger partial charge in [0.1, 0.15) is 0 Å². The highest BCUT2D eigenvalue weighted by Crippen LogP contribution is 2.53. The van der Waals surface area contributed by atoms with Gasteiger partial charge in [0.15, 0.2) is 0 Å². The van der Waals surface area contributed by atoms with Crippen LogP contribution in [-0.2, 0) is 4.79 Å². The van der Waals surface area contributed by atoms with E-state index in [0.29, 0.717) is 11.8 Å². The van der Waals surface area contributed by atoms with Gasteiger partial charge in [-0.25, -0.2) is 0 Å².